The maximum atomic E-state index is 5.70. The van der Waals surface area contributed by atoms with Crippen LogP contribution in [-0.4, -0.2) is 43.9 Å². The lowest BCUT2D eigenvalue weighted by molar-refractivity contribution is 0.233. The second kappa shape index (κ2) is 8.14. The molecule has 1 N–H and O–H groups in total. The summed E-state index contributed by atoms with van der Waals surface area (Å²) in [6.45, 7) is 13.4. The van der Waals surface area contributed by atoms with Crippen LogP contribution in [0.3, 0.4) is 0 Å². The van der Waals surface area contributed by atoms with Crippen molar-refractivity contribution in [2.45, 2.75) is 46.8 Å². The Morgan fingerprint density at radius 1 is 1.43 bits per heavy atom. The van der Waals surface area contributed by atoms with E-state index in [1.807, 2.05) is 39.8 Å². The van der Waals surface area contributed by atoms with Gasteiger partial charge in [-0.25, -0.2) is 15.0 Å². The summed E-state index contributed by atoms with van der Waals surface area (Å²) < 4.78 is 11.4. The van der Waals surface area contributed by atoms with Gasteiger partial charge in [-0.05, 0) is 32.4 Å². The number of aryl methyl sites for hydroxylation is 1. The molecule has 0 radical (unpaired) electrons. The van der Waals surface area contributed by atoms with Crippen LogP contribution in [-0.2, 0) is 13.0 Å². The molecule has 3 aromatic rings. The molecular weight excluding hydrogens is 380 g/mol. The number of hydrogen-bond donors (Lipinski definition) is 1. The standard InChI is InChI=1S/C22H26N6O2/c1-13(2)29-21-10-17-19(11-24-21)26-27-22(17)14(3)6-8-23-15(4)28-9-7-18-20(12-28)30-16(5)25-18/h6,8,10-11,13H,4,7,9,12H2,1-3,5H3,(H,26,27)/b14-6+,23-8?. The molecule has 156 valence electrons. The molecule has 30 heavy (non-hydrogen) atoms. The summed E-state index contributed by atoms with van der Waals surface area (Å²) in [6, 6.07) is 1.91. The average molecular weight is 406 g/mol. The van der Waals surface area contributed by atoms with Gasteiger partial charge in [-0.2, -0.15) is 5.10 Å². The molecule has 0 amide bonds. The summed E-state index contributed by atoms with van der Waals surface area (Å²) in [5.41, 5.74) is 3.72. The molecule has 0 atom stereocenters. The zero-order valence-electron chi connectivity index (χ0n) is 17.8. The quantitative estimate of drug-likeness (QED) is 0.621. The third-order valence-corrected chi connectivity index (χ3v) is 4.90. The smallest absolute Gasteiger partial charge is 0.214 e. The Balaban J connectivity index is 1.47. The topological polar surface area (TPSA) is 92.4 Å². The molecule has 8 heteroatoms. The van der Waals surface area contributed by atoms with Crippen molar-refractivity contribution in [1.29, 1.82) is 0 Å². The Morgan fingerprint density at radius 2 is 2.27 bits per heavy atom. The van der Waals surface area contributed by atoms with Crippen LogP contribution in [0.15, 0.2) is 40.1 Å². The number of aromatic amines is 1. The highest BCUT2D eigenvalue weighted by molar-refractivity contribution is 5.94. The van der Waals surface area contributed by atoms with E-state index in [1.165, 1.54) is 0 Å². The van der Waals surface area contributed by atoms with Gasteiger partial charge < -0.3 is 14.1 Å². The summed E-state index contributed by atoms with van der Waals surface area (Å²) in [5.74, 6) is 2.89. The largest absolute Gasteiger partial charge is 0.475 e. The number of fused-ring (bicyclic) bond motifs is 2. The fourth-order valence-corrected chi connectivity index (χ4v) is 3.44. The lowest BCUT2D eigenvalue weighted by Gasteiger charge is -2.26. The zero-order valence-corrected chi connectivity index (χ0v) is 17.8. The van der Waals surface area contributed by atoms with Crippen LogP contribution in [0.5, 0.6) is 5.88 Å². The van der Waals surface area contributed by atoms with Crippen LogP contribution < -0.4 is 4.74 Å². The Kier molecular flexibility index (Phi) is 5.39. The van der Waals surface area contributed by atoms with Crippen molar-refractivity contribution in [3.63, 3.8) is 0 Å². The van der Waals surface area contributed by atoms with E-state index in [1.54, 1.807) is 12.4 Å². The van der Waals surface area contributed by atoms with Gasteiger partial charge in [-0.15, -0.1) is 0 Å². The number of nitrogens with one attached hydrogen (secondary N) is 1. The predicted molar refractivity (Wildman–Crippen MR) is 116 cm³/mol. The van der Waals surface area contributed by atoms with Crippen molar-refractivity contribution in [2.75, 3.05) is 6.54 Å². The van der Waals surface area contributed by atoms with Crippen LogP contribution in [0.2, 0.25) is 0 Å². The molecule has 0 unspecified atom stereocenters. The minimum absolute atomic E-state index is 0.0619. The molecule has 0 aromatic carbocycles. The summed E-state index contributed by atoms with van der Waals surface area (Å²) in [5, 5.41) is 8.41. The number of oxazole rings is 1. The van der Waals surface area contributed by atoms with Gasteiger partial charge in [-0.1, -0.05) is 6.58 Å². The molecule has 0 bridgehead atoms. The van der Waals surface area contributed by atoms with Crippen molar-refractivity contribution < 1.29 is 9.15 Å². The highest BCUT2D eigenvalue weighted by Crippen LogP contribution is 2.25. The maximum Gasteiger partial charge on any atom is 0.214 e. The van der Waals surface area contributed by atoms with Crippen LogP contribution in [0.1, 0.15) is 43.8 Å². The van der Waals surface area contributed by atoms with Crippen molar-refractivity contribution in [2.24, 2.45) is 4.99 Å². The first-order valence-electron chi connectivity index (χ1n) is 10.0. The summed E-state index contributed by atoms with van der Waals surface area (Å²) in [4.78, 5) is 15.3. The number of aromatic nitrogens is 4. The Morgan fingerprint density at radius 3 is 3.07 bits per heavy atom. The summed E-state index contributed by atoms with van der Waals surface area (Å²) >= 11 is 0. The van der Waals surface area contributed by atoms with Crippen molar-refractivity contribution in [3.8, 4) is 5.88 Å². The maximum absolute atomic E-state index is 5.70. The van der Waals surface area contributed by atoms with E-state index < -0.39 is 0 Å². The van der Waals surface area contributed by atoms with E-state index in [0.29, 0.717) is 24.1 Å². The number of rotatable bonds is 6. The van der Waals surface area contributed by atoms with Gasteiger partial charge in [0.15, 0.2) is 5.89 Å². The third kappa shape index (κ3) is 4.12. The van der Waals surface area contributed by atoms with E-state index in [-0.39, 0.29) is 6.10 Å². The second-order valence-corrected chi connectivity index (χ2v) is 7.63. The number of nitrogens with zero attached hydrogens (tertiary/aromatic N) is 5. The van der Waals surface area contributed by atoms with Crippen molar-refractivity contribution in [3.05, 3.63) is 53.8 Å². The minimum atomic E-state index is 0.0619. The average Bonchev–Trinajstić information content (AvgIpc) is 3.28. The molecule has 1 aliphatic rings. The van der Waals surface area contributed by atoms with Crippen LogP contribution in [0.4, 0.5) is 0 Å². The summed E-state index contributed by atoms with van der Waals surface area (Å²) in [7, 11) is 0. The van der Waals surface area contributed by atoms with Crippen molar-refractivity contribution in [1.82, 2.24) is 25.1 Å². The normalized spacial score (nSPS) is 14.7. The van der Waals surface area contributed by atoms with Gasteiger partial charge in [-0.3, -0.25) is 5.10 Å². The number of pyridine rings is 1. The molecule has 0 fully saturated rings. The van der Waals surface area contributed by atoms with Crippen molar-refractivity contribution >= 4 is 22.7 Å². The molecule has 0 spiro atoms. The highest BCUT2D eigenvalue weighted by Gasteiger charge is 2.21. The molecule has 0 aliphatic carbocycles. The Labute approximate surface area is 175 Å². The molecule has 4 heterocycles. The highest BCUT2D eigenvalue weighted by atomic mass is 16.5. The molecule has 0 saturated carbocycles. The molecule has 8 nitrogen and oxygen atoms in total. The Bertz CT molecular complexity index is 1140. The first-order valence-corrected chi connectivity index (χ1v) is 10.0. The molecule has 0 saturated heterocycles. The van der Waals surface area contributed by atoms with Gasteiger partial charge in [0.2, 0.25) is 5.88 Å². The first-order chi connectivity index (χ1) is 14.4. The van der Waals surface area contributed by atoms with E-state index in [2.05, 4.69) is 36.6 Å². The molecule has 3 aromatic heterocycles. The number of hydrogen-bond acceptors (Lipinski definition) is 7. The molecular formula is C22H26N6O2. The Hall–Kier alpha value is -3.42. The zero-order chi connectivity index (χ0) is 21.3. The van der Waals surface area contributed by atoms with Crippen LogP contribution in [0.25, 0.3) is 16.5 Å². The number of aliphatic imine (C=N–C) groups is 1. The van der Waals surface area contributed by atoms with E-state index in [9.17, 15) is 0 Å². The molecule has 1 aliphatic heterocycles. The lowest BCUT2D eigenvalue weighted by atomic mass is 10.1. The fraction of sp³-hybridized carbons (Fsp3) is 0.364. The van der Waals surface area contributed by atoms with Gasteiger partial charge in [0.05, 0.1) is 35.8 Å². The fourth-order valence-electron chi connectivity index (χ4n) is 3.44. The number of allylic oxidation sites excluding steroid dienone is 2. The number of H-pyrrole nitrogens is 1. The number of ether oxygens (including phenoxy) is 1. The van der Waals surface area contributed by atoms with Gasteiger partial charge in [0.1, 0.15) is 11.6 Å². The summed E-state index contributed by atoms with van der Waals surface area (Å²) in [6.07, 6.45) is 6.32. The van der Waals surface area contributed by atoms with E-state index in [4.69, 9.17) is 9.15 Å². The van der Waals surface area contributed by atoms with Crippen LogP contribution >= 0.6 is 0 Å². The monoisotopic (exact) mass is 406 g/mol. The molecule has 4 rings (SSSR count). The van der Waals surface area contributed by atoms with E-state index in [0.717, 1.165) is 46.6 Å². The second-order valence-electron chi connectivity index (χ2n) is 7.63. The van der Waals surface area contributed by atoms with Gasteiger partial charge >= 0.3 is 0 Å². The first kappa shape index (κ1) is 19.9. The minimum Gasteiger partial charge on any atom is -0.475 e. The van der Waals surface area contributed by atoms with Gasteiger partial charge in [0.25, 0.3) is 0 Å². The van der Waals surface area contributed by atoms with Crippen LogP contribution in [0, 0.1) is 6.92 Å². The van der Waals surface area contributed by atoms with Gasteiger partial charge in [0, 0.05) is 37.6 Å². The lowest BCUT2D eigenvalue weighted by Crippen LogP contribution is -2.28. The third-order valence-electron chi connectivity index (χ3n) is 4.90. The van der Waals surface area contributed by atoms with E-state index >= 15 is 0 Å². The predicted octanol–water partition coefficient (Wildman–Crippen LogP) is 4.05. The SMILES string of the molecule is C=C(N=C/C=C(\C)c1n[nH]c2cnc(OC(C)C)cc12)N1CCc2nc(C)oc2C1.